The Bertz CT molecular complexity index is 289. The third-order valence-corrected chi connectivity index (χ3v) is 2.16. The molecule has 0 aliphatic carbocycles. The van der Waals surface area contributed by atoms with Gasteiger partial charge in [-0.15, -0.1) is 0 Å². The molecule has 0 aliphatic rings. The summed E-state index contributed by atoms with van der Waals surface area (Å²) in [6.07, 6.45) is 6.64. The molecule has 1 nitrogen and oxygen atoms in total. The number of hydrogen-bond donors (Lipinski definition) is 1. The molecule has 14 heavy (non-hydrogen) atoms. The average Bonchev–Trinajstić information content (AvgIpc) is 2.18. The number of hydrogen-bond acceptors (Lipinski definition) is 1. The highest BCUT2D eigenvalue weighted by molar-refractivity contribution is 5.23. The van der Waals surface area contributed by atoms with Crippen molar-refractivity contribution >= 4 is 0 Å². The van der Waals surface area contributed by atoms with Crippen LogP contribution < -0.4 is 5.32 Å². The number of nitrogens with one attached hydrogen (secondary N) is 1. The Morgan fingerprint density at radius 3 is 2.86 bits per heavy atom. The molecule has 1 aromatic carbocycles. The standard InChI is InChI=1S/C13H19N/c1-12-7-6-9-13(11-12)8-4-3-5-10-14-2/h3-4,6-7,9,11,14H,5,8,10H2,1-2H3. The van der Waals surface area contributed by atoms with Crippen LogP contribution in [-0.4, -0.2) is 13.6 Å². The topological polar surface area (TPSA) is 12.0 Å². The first kappa shape index (κ1) is 11.0. The molecule has 1 N–H and O–H groups in total. The van der Waals surface area contributed by atoms with Crippen molar-refractivity contribution in [2.45, 2.75) is 19.8 Å². The van der Waals surface area contributed by atoms with Gasteiger partial charge in [-0.1, -0.05) is 42.0 Å². The molecule has 0 saturated heterocycles. The fourth-order valence-electron chi connectivity index (χ4n) is 1.40. The number of aryl methyl sites for hydroxylation is 1. The van der Waals surface area contributed by atoms with Gasteiger partial charge in [-0.25, -0.2) is 0 Å². The van der Waals surface area contributed by atoms with Crippen LogP contribution in [0.4, 0.5) is 0 Å². The Morgan fingerprint density at radius 1 is 1.29 bits per heavy atom. The monoisotopic (exact) mass is 189 g/mol. The highest BCUT2D eigenvalue weighted by atomic mass is 14.8. The summed E-state index contributed by atoms with van der Waals surface area (Å²) >= 11 is 0. The second-order valence-electron chi connectivity index (χ2n) is 3.56. The minimum Gasteiger partial charge on any atom is -0.319 e. The summed E-state index contributed by atoms with van der Waals surface area (Å²) < 4.78 is 0. The van der Waals surface area contributed by atoms with Gasteiger partial charge in [0.2, 0.25) is 0 Å². The first-order chi connectivity index (χ1) is 6.83. The largest absolute Gasteiger partial charge is 0.319 e. The van der Waals surface area contributed by atoms with Crippen LogP contribution >= 0.6 is 0 Å². The first-order valence-electron chi connectivity index (χ1n) is 5.18. The van der Waals surface area contributed by atoms with Gasteiger partial charge in [-0.2, -0.15) is 0 Å². The molecular weight excluding hydrogens is 170 g/mol. The predicted octanol–water partition coefficient (Wildman–Crippen LogP) is 2.70. The van der Waals surface area contributed by atoms with Crippen LogP contribution in [0.3, 0.4) is 0 Å². The first-order valence-corrected chi connectivity index (χ1v) is 5.18. The van der Waals surface area contributed by atoms with E-state index in [4.69, 9.17) is 0 Å². The van der Waals surface area contributed by atoms with Crippen molar-refractivity contribution in [1.82, 2.24) is 5.32 Å². The maximum Gasteiger partial charge on any atom is -0.00173 e. The lowest BCUT2D eigenvalue weighted by Gasteiger charge is -1.97. The van der Waals surface area contributed by atoms with Crippen molar-refractivity contribution < 1.29 is 0 Å². The summed E-state index contributed by atoms with van der Waals surface area (Å²) in [5, 5.41) is 3.12. The molecule has 0 atom stereocenters. The Balaban J connectivity index is 2.34. The molecule has 0 unspecified atom stereocenters. The summed E-state index contributed by atoms with van der Waals surface area (Å²) in [5.41, 5.74) is 2.73. The third-order valence-electron chi connectivity index (χ3n) is 2.16. The molecule has 0 radical (unpaired) electrons. The molecule has 1 rings (SSSR count). The second kappa shape index (κ2) is 6.39. The van der Waals surface area contributed by atoms with Crippen LogP contribution in [0.5, 0.6) is 0 Å². The molecule has 1 heteroatoms. The summed E-state index contributed by atoms with van der Waals surface area (Å²) in [7, 11) is 1.98. The van der Waals surface area contributed by atoms with Gasteiger partial charge in [0.1, 0.15) is 0 Å². The van der Waals surface area contributed by atoms with E-state index in [-0.39, 0.29) is 0 Å². The zero-order valence-electron chi connectivity index (χ0n) is 9.09. The normalized spacial score (nSPS) is 11.0. The maximum absolute atomic E-state index is 3.12. The Morgan fingerprint density at radius 2 is 2.14 bits per heavy atom. The molecule has 0 saturated carbocycles. The summed E-state index contributed by atoms with van der Waals surface area (Å²) in [5.74, 6) is 0. The SMILES string of the molecule is CNCCC=CCc1cccc(C)c1. The second-order valence-corrected chi connectivity index (χ2v) is 3.56. The van der Waals surface area contributed by atoms with E-state index in [1.165, 1.54) is 11.1 Å². The lowest BCUT2D eigenvalue weighted by molar-refractivity contribution is 0.806. The van der Waals surface area contributed by atoms with Crippen LogP contribution in [0, 0.1) is 6.92 Å². The van der Waals surface area contributed by atoms with Crippen LogP contribution in [0.15, 0.2) is 36.4 Å². The molecule has 0 heterocycles. The minimum absolute atomic E-state index is 1.05. The lowest BCUT2D eigenvalue weighted by Crippen LogP contribution is -2.05. The average molecular weight is 189 g/mol. The molecule has 0 amide bonds. The van der Waals surface area contributed by atoms with Crippen LogP contribution in [-0.2, 0) is 6.42 Å². The fraction of sp³-hybridized carbons (Fsp3) is 0.385. The van der Waals surface area contributed by atoms with Gasteiger partial charge in [0.15, 0.2) is 0 Å². The van der Waals surface area contributed by atoms with Gasteiger partial charge in [-0.3, -0.25) is 0 Å². The van der Waals surface area contributed by atoms with Crippen LogP contribution in [0.1, 0.15) is 17.5 Å². The summed E-state index contributed by atoms with van der Waals surface area (Å²) in [6, 6.07) is 8.66. The van der Waals surface area contributed by atoms with Crippen molar-refractivity contribution in [2.75, 3.05) is 13.6 Å². The van der Waals surface area contributed by atoms with Gasteiger partial charge in [0.05, 0.1) is 0 Å². The molecule has 0 bridgehead atoms. The van der Waals surface area contributed by atoms with Gasteiger partial charge < -0.3 is 5.32 Å². The van der Waals surface area contributed by atoms with E-state index >= 15 is 0 Å². The number of rotatable bonds is 5. The Labute approximate surface area is 86.8 Å². The molecule has 0 spiro atoms. The minimum atomic E-state index is 1.05. The van der Waals surface area contributed by atoms with E-state index in [0.29, 0.717) is 0 Å². The molecular formula is C13H19N. The Hall–Kier alpha value is -1.08. The van der Waals surface area contributed by atoms with Crippen molar-refractivity contribution in [3.63, 3.8) is 0 Å². The van der Waals surface area contributed by atoms with E-state index in [0.717, 1.165) is 19.4 Å². The summed E-state index contributed by atoms with van der Waals surface area (Å²) in [4.78, 5) is 0. The summed E-state index contributed by atoms with van der Waals surface area (Å²) in [6.45, 7) is 3.19. The van der Waals surface area contributed by atoms with Gasteiger partial charge in [0.25, 0.3) is 0 Å². The number of benzene rings is 1. The van der Waals surface area contributed by atoms with Gasteiger partial charge >= 0.3 is 0 Å². The van der Waals surface area contributed by atoms with E-state index in [1.807, 2.05) is 7.05 Å². The zero-order chi connectivity index (χ0) is 10.2. The number of allylic oxidation sites excluding steroid dienone is 1. The van der Waals surface area contributed by atoms with Crippen LogP contribution in [0.2, 0.25) is 0 Å². The van der Waals surface area contributed by atoms with E-state index in [1.54, 1.807) is 0 Å². The van der Waals surface area contributed by atoms with Crippen molar-refractivity contribution in [2.24, 2.45) is 0 Å². The molecule has 0 aromatic heterocycles. The van der Waals surface area contributed by atoms with Crippen molar-refractivity contribution in [3.05, 3.63) is 47.5 Å². The van der Waals surface area contributed by atoms with E-state index in [2.05, 4.69) is 48.7 Å². The third kappa shape index (κ3) is 4.24. The molecule has 0 aliphatic heterocycles. The quantitative estimate of drug-likeness (QED) is 0.554. The van der Waals surface area contributed by atoms with Crippen molar-refractivity contribution in [1.29, 1.82) is 0 Å². The maximum atomic E-state index is 3.12. The molecule has 76 valence electrons. The van der Waals surface area contributed by atoms with E-state index < -0.39 is 0 Å². The predicted molar refractivity (Wildman–Crippen MR) is 62.6 cm³/mol. The van der Waals surface area contributed by atoms with Crippen molar-refractivity contribution in [3.8, 4) is 0 Å². The highest BCUT2D eigenvalue weighted by Gasteiger charge is 1.88. The molecule has 0 fully saturated rings. The van der Waals surface area contributed by atoms with Crippen LogP contribution in [0.25, 0.3) is 0 Å². The van der Waals surface area contributed by atoms with Gasteiger partial charge in [0, 0.05) is 0 Å². The Kier molecular flexibility index (Phi) is 5.02. The van der Waals surface area contributed by atoms with Gasteiger partial charge in [-0.05, 0) is 38.9 Å². The van der Waals surface area contributed by atoms with E-state index in [9.17, 15) is 0 Å². The highest BCUT2D eigenvalue weighted by Crippen LogP contribution is 2.05. The zero-order valence-corrected chi connectivity index (χ0v) is 9.09. The smallest absolute Gasteiger partial charge is 0.00173 e. The fourth-order valence-corrected chi connectivity index (χ4v) is 1.40. The lowest BCUT2D eigenvalue weighted by atomic mass is 10.1. The molecule has 1 aromatic rings.